The Bertz CT molecular complexity index is 650. The van der Waals surface area contributed by atoms with Crippen LogP contribution in [0.5, 0.6) is 5.75 Å². The molecular formula is C18H19NO. The Morgan fingerprint density at radius 3 is 2.65 bits per heavy atom. The van der Waals surface area contributed by atoms with Crippen molar-refractivity contribution in [1.29, 1.82) is 0 Å². The van der Waals surface area contributed by atoms with Gasteiger partial charge in [-0.3, -0.25) is 0 Å². The first-order chi connectivity index (χ1) is 9.69. The van der Waals surface area contributed by atoms with Gasteiger partial charge in [-0.1, -0.05) is 41.7 Å². The molecule has 2 rings (SSSR count). The van der Waals surface area contributed by atoms with E-state index in [1.54, 1.807) is 0 Å². The Balaban J connectivity index is 2.05. The fourth-order valence-corrected chi connectivity index (χ4v) is 1.98. The van der Waals surface area contributed by atoms with E-state index in [0.29, 0.717) is 13.2 Å². The average molecular weight is 265 g/mol. The van der Waals surface area contributed by atoms with Crippen LogP contribution in [0.25, 0.3) is 0 Å². The highest BCUT2D eigenvalue weighted by Crippen LogP contribution is 2.18. The minimum atomic E-state index is 0.380. The Kier molecular flexibility index (Phi) is 4.81. The molecule has 2 aromatic rings. The van der Waals surface area contributed by atoms with Crippen molar-refractivity contribution in [2.24, 2.45) is 5.73 Å². The molecular weight excluding hydrogens is 246 g/mol. The molecule has 0 saturated heterocycles. The summed E-state index contributed by atoms with van der Waals surface area (Å²) in [4.78, 5) is 0. The van der Waals surface area contributed by atoms with Crippen LogP contribution in [0.4, 0.5) is 0 Å². The van der Waals surface area contributed by atoms with E-state index in [1.807, 2.05) is 31.2 Å². The predicted octanol–water partition coefficient (Wildman–Crippen LogP) is 3.19. The maximum atomic E-state index is 5.81. The van der Waals surface area contributed by atoms with Gasteiger partial charge in [-0.25, -0.2) is 0 Å². The van der Waals surface area contributed by atoms with Crippen LogP contribution in [-0.2, 0) is 6.61 Å². The molecule has 2 heteroatoms. The molecule has 0 spiro atoms. The van der Waals surface area contributed by atoms with Crippen LogP contribution >= 0.6 is 0 Å². The maximum Gasteiger partial charge on any atom is 0.120 e. The van der Waals surface area contributed by atoms with Gasteiger partial charge in [-0.15, -0.1) is 0 Å². The second kappa shape index (κ2) is 6.79. The van der Waals surface area contributed by atoms with Gasteiger partial charge in [0.2, 0.25) is 0 Å². The zero-order valence-corrected chi connectivity index (χ0v) is 11.9. The molecule has 0 aromatic heterocycles. The highest BCUT2D eigenvalue weighted by Gasteiger charge is 2.00. The van der Waals surface area contributed by atoms with Gasteiger partial charge in [-0.2, -0.15) is 0 Å². The second-order valence-electron chi connectivity index (χ2n) is 4.76. The van der Waals surface area contributed by atoms with Gasteiger partial charge in [0.15, 0.2) is 0 Å². The molecule has 0 atom stereocenters. The summed E-state index contributed by atoms with van der Waals surface area (Å²) in [6.45, 7) is 5.07. The SMILES string of the molecule is Cc1cccc(COc2ccc(C#CCN)c(C)c2)c1. The number of ether oxygens (including phenoxy) is 1. The van der Waals surface area contributed by atoms with Gasteiger partial charge < -0.3 is 10.5 Å². The number of benzene rings is 2. The lowest BCUT2D eigenvalue weighted by molar-refractivity contribution is 0.306. The van der Waals surface area contributed by atoms with Gasteiger partial charge in [0.25, 0.3) is 0 Å². The highest BCUT2D eigenvalue weighted by atomic mass is 16.5. The Labute approximate surface area is 120 Å². The van der Waals surface area contributed by atoms with Crippen LogP contribution < -0.4 is 10.5 Å². The van der Waals surface area contributed by atoms with Crippen molar-refractivity contribution < 1.29 is 4.74 Å². The summed E-state index contributed by atoms with van der Waals surface area (Å²) in [6, 6.07) is 14.3. The van der Waals surface area contributed by atoms with Gasteiger partial charge >= 0.3 is 0 Å². The summed E-state index contributed by atoms with van der Waals surface area (Å²) >= 11 is 0. The molecule has 0 amide bonds. The predicted molar refractivity (Wildman–Crippen MR) is 82.6 cm³/mol. The van der Waals surface area contributed by atoms with Crippen molar-refractivity contribution >= 4 is 0 Å². The minimum absolute atomic E-state index is 0.380. The lowest BCUT2D eigenvalue weighted by Crippen LogP contribution is -1.97. The van der Waals surface area contributed by atoms with Crippen LogP contribution in [0, 0.1) is 25.7 Å². The number of hydrogen-bond donors (Lipinski definition) is 1. The lowest BCUT2D eigenvalue weighted by Gasteiger charge is -2.08. The molecule has 0 fully saturated rings. The molecule has 0 aliphatic rings. The fourth-order valence-electron chi connectivity index (χ4n) is 1.98. The van der Waals surface area contributed by atoms with Crippen LogP contribution in [0.1, 0.15) is 22.3 Å². The Hall–Kier alpha value is -2.24. The second-order valence-corrected chi connectivity index (χ2v) is 4.76. The third-order valence-corrected chi connectivity index (χ3v) is 3.01. The van der Waals surface area contributed by atoms with Gasteiger partial charge in [0.1, 0.15) is 12.4 Å². The molecule has 0 aliphatic carbocycles. The topological polar surface area (TPSA) is 35.2 Å². The first kappa shape index (κ1) is 14.2. The zero-order chi connectivity index (χ0) is 14.4. The van der Waals surface area contributed by atoms with Crippen molar-refractivity contribution in [3.8, 4) is 17.6 Å². The molecule has 2 N–H and O–H groups in total. The highest BCUT2D eigenvalue weighted by molar-refractivity contribution is 5.44. The molecule has 0 aliphatic heterocycles. The molecule has 0 radical (unpaired) electrons. The van der Waals surface area contributed by atoms with Crippen molar-refractivity contribution in [3.63, 3.8) is 0 Å². The summed E-state index contributed by atoms with van der Waals surface area (Å²) in [6.07, 6.45) is 0. The summed E-state index contributed by atoms with van der Waals surface area (Å²) < 4.78 is 5.81. The number of aryl methyl sites for hydroxylation is 2. The van der Waals surface area contributed by atoms with Crippen LogP contribution in [-0.4, -0.2) is 6.54 Å². The first-order valence-corrected chi connectivity index (χ1v) is 6.67. The van der Waals surface area contributed by atoms with Crippen LogP contribution in [0.15, 0.2) is 42.5 Å². The summed E-state index contributed by atoms with van der Waals surface area (Å²) in [5.74, 6) is 6.78. The van der Waals surface area contributed by atoms with E-state index in [4.69, 9.17) is 10.5 Å². The molecule has 0 heterocycles. The van der Waals surface area contributed by atoms with Gasteiger partial charge in [-0.05, 0) is 43.2 Å². The van der Waals surface area contributed by atoms with E-state index in [9.17, 15) is 0 Å². The van der Waals surface area contributed by atoms with Gasteiger partial charge in [0, 0.05) is 5.56 Å². The van der Waals surface area contributed by atoms with Gasteiger partial charge in [0.05, 0.1) is 6.54 Å². The normalized spacial score (nSPS) is 9.75. The summed E-state index contributed by atoms with van der Waals surface area (Å²) in [7, 11) is 0. The van der Waals surface area contributed by atoms with E-state index >= 15 is 0 Å². The maximum absolute atomic E-state index is 5.81. The Morgan fingerprint density at radius 2 is 1.95 bits per heavy atom. The van der Waals surface area contributed by atoms with Crippen molar-refractivity contribution in [3.05, 3.63) is 64.7 Å². The Morgan fingerprint density at radius 1 is 1.10 bits per heavy atom. The van der Waals surface area contributed by atoms with Crippen molar-refractivity contribution in [2.45, 2.75) is 20.5 Å². The van der Waals surface area contributed by atoms with Crippen molar-refractivity contribution in [1.82, 2.24) is 0 Å². The molecule has 0 bridgehead atoms. The lowest BCUT2D eigenvalue weighted by atomic mass is 10.1. The third-order valence-electron chi connectivity index (χ3n) is 3.01. The summed E-state index contributed by atoms with van der Waals surface area (Å²) in [5.41, 5.74) is 9.91. The fraction of sp³-hybridized carbons (Fsp3) is 0.222. The summed E-state index contributed by atoms with van der Waals surface area (Å²) in [5, 5.41) is 0. The minimum Gasteiger partial charge on any atom is -0.489 e. The zero-order valence-electron chi connectivity index (χ0n) is 11.9. The quantitative estimate of drug-likeness (QED) is 0.865. The molecule has 2 aromatic carbocycles. The third kappa shape index (κ3) is 3.88. The molecule has 0 saturated carbocycles. The van der Waals surface area contributed by atoms with Crippen LogP contribution in [0.3, 0.4) is 0 Å². The molecule has 20 heavy (non-hydrogen) atoms. The van der Waals surface area contributed by atoms with E-state index in [2.05, 4.69) is 37.0 Å². The smallest absolute Gasteiger partial charge is 0.120 e. The number of nitrogens with two attached hydrogens (primary N) is 1. The number of hydrogen-bond acceptors (Lipinski definition) is 2. The standard InChI is InChI=1S/C18H19NO/c1-14-5-3-6-16(11-14)13-20-18-9-8-17(7-4-10-19)15(2)12-18/h3,5-6,8-9,11-12H,10,13,19H2,1-2H3. The van der Waals surface area contributed by atoms with E-state index in [-0.39, 0.29) is 0 Å². The van der Waals surface area contributed by atoms with E-state index in [1.165, 1.54) is 11.1 Å². The van der Waals surface area contributed by atoms with Crippen molar-refractivity contribution in [2.75, 3.05) is 6.54 Å². The van der Waals surface area contributed by atoms with E-state index in [0.717, 1.165) is 16.9 Å². The molecule has 0 unspecified atom stereocenters. The molecule has 102 valence electrons. The monoisotopic (exact) mass is 265 g/mol. The number of rotatable bonds is 3. The first-order valence-electron chi connectivity index (χ1n) is 6.67. The molecule has 2 nitrogen and oxygen atoms in total. The van der Waals surface area contributed by atoms with E-state index < -0.39 is 0 Å². The average Bonchev–Trinajstić information content (AvgIpc) is 2.44. The largest absolute Gasteiger partial charge is 0.489 e. The van der Waals surface area contributed by atoms with Crippen LogP contribution in [0.2, 0.25) is 0 Å².